The Morgan fingerprint density at radius 2 is 2.17 bits per heavy atom. The van der Waals surface area contributed by atoms with Gasteiger partial charge in [0, 0.05) is 18.1 Å². The zero-order chi connectivity index (χ0) is 8.72. The average molecular weight is 161 g/mol. The molecule has 0 aliphatic rings. The molecule has 0 amide bonds. The predicted octanol–water partition coefficient (Wildman–Crippen LogP) is 1.46. The van der Waals surface area contributed by atoms with Crippen molar-refractivity contribution < 1.29 is 0 Å². The minimum atomic E-state index is 0.825. The number of hydrogen-bond donors (Lipinski definition) is 1. The summed E-state index contributed by atoms with van der Waals surface area (Å²) in [7, 11) is 1.91. The molecular formula is C9H11N3. The molecule has 0 aliphatic carbocycles. The molecule has 0 radical (unpaired) electrons. The molecule has 0 atom stereocenters. The molecule has 1 aromatic carbocycles. The molecule has 1 aromatic heterocycles. The number of nitrogens with two attached hydrogens (primary N) is 1. The van der Waals surface area contributed by atoms with E-state index in [1.54, 1.807) is 0 Å². The zero-order valence-corrected chi connectivity index (χ0v) is 7.20. The van der Waals surface area contributed by atoms with Gasteiger partial charge in [0.2, 0.25) is 0 Å². The van der Waals surface area contributed by atoms with Gasteiger partial charge < -0.3 is 5.73 Å². The van der Waals surface area contributed by atoms with Gasteiger partial charge in [-0.3, -0.25) is 4.68 Å². The standard InChI is InChI=1S/C9H11N3/c1-6-3-7-5-11-12(2)9(7)4-8(6)10/h3-5H,10H2,1-2H3. The van der Waals surface area contributed by atoms with Gasteiger partial charge in [-0.2, -0.15) is 5.10 Å². The minimum Gasteiger partial charge on any atom is -0.398 e. The fourth-order valence-electron chi connectivity index (χ4n) is 1.33. The van der Waals surface area contributed by atoms with Gasteiger partial charge in [-0.15, -0.1) is 0 Å². The van der Waals surface area contributed by atoms with Crippen LogP contribution < -0.4 is 5.73 Å². The Labute approximate surface area is 70.8 Å². The smallest absolute Gasteiger partial charge is 0.0699 e. The van der Waals surface area contributed by atoms with E-state index < -0.39 is 0 Å². The fourth-order valence-corrected chi connectivity index (χ4v) is 1.33. The van der Waals surface area contributed by atoms with E-state index in [0.717, 1.165) is 22.2 Å². The van der Waals surface area contributed by atoms with Gasteiger partial charge in [0.1, 0.15) is 0 Å². The summed E-state index contributed by atoms with van der Waals surface area (Å²) in [6.45, 7) is 2.00. The summed E-state index contributed by atoms with van der Waals surface area (Å²) in [5, 5.41) is 5.28. The van der Waals surface area contributed by atoms with Crippen LogP contribution >= 0.6 is 0 Å². The molecule has 0 unspecified atom stereocenters. The van der Waals surface area contributed by atoms with E-state index in [0.29, 0.717) is 0 Å². The van der Waals surface area contributed by atoms with Crippen molar-refractivity contribution in [3.8, 4) is 0 Å². The number of anilines is 1. The molecule has 2 N–H and O–H groups in total. The lowest BCUT2D eigenvalue weighted by atomic mass is 10.1. The van der Waals surface area contributed by atoms with Gasteiger partial charge >= 0.3 is 0 Å². The van der Waals surface area contributed by atoms with E-state index in [-0.39, 0.29) is 0 Å². The SMILES string of the molecule is Cc1cc2cnn(C)c2cc1N. The number of fused-ring (bicyclic) bond motifs is 1. The highest BCUT2D eigenvalue weighted by Crippen LogP contribution is 2.19. The first-order valence-corrected chi connectivity index (χ1v) is 3.86. The van der Waals surface area contributed by atoms with Gasteiger partial charge in [0.15, 0.2) is 0 Å². The van der Waals surface area contributed by atoms with Crippen molar-refractivity contribution in [1.29, 1.82) is 0 Å². The summed E-state index contributed by atoms with van der Waals surface area (Å²) in [6.07, 6.45) is 1.85. The molecule has 1 heterocycles. The van der Waals surface area contributed by atoms with Crippen LogP contribution in [0.1, 0.15) is 5.56 Å². The van der Waals surface area contributed by atoms with Crippen LogP contribution in [-0.4, -0.2) is 9.78 Å². The molecule has 0 fully saturated rings. The van der Waals surface area contributed by atoms with Crippen molar-refractivity contribution in [2.45, 2.75) is 6.92 Å². The molecular weight excluding hydrogens is 150 g/mol. The highest BCUT2D eigenvalue weighted by Gasteiger charge is 2.01. The van der Waals surface area contributed by atoms with E-state index in [1.807, 2.05) is 30.9 Å². The van der Waals surface area contributed by atoms with Crippen LogP contribution in [0.25, 0.3) is 10.9 Å². The van der Waals surface area contributed by atoms with E-state index in [2.05, 4.69) is 11.2 Å². The highest BCUT2D eigenvalue weighted by molar-refractivity contribution is 5.83. The Kier molecular flexibility index (Phi) is 1.33. The summed E-state index contributed by atoms with van der Waals surface area (Å²) in [5.41, 5.74) is 8.79. The van der Waals surface area contributed by atoms with Crippen molar-refractivity contribution >= 4 is 16.6 Å². The number of nitrogens with zero attached hydrogens (tertiary/aromatic N) is 2. The minimum absolute atomic E-state index is 0.825. The van der Waals surface area contributed by atoms with E-state index >= 15 is 0 Å². The zero-order valence-electron chi connectivity index (χ0n) is 7.20. The topological polar surface area (TPSA) is 43.8 Å². The van der Waals surface area contributed by atoms with Gasteiger partial charge in [-0.1, -0.05) is 0 Å². The molecule has 0 saturated heterocycles. The predicted molar refractivity (Wildman–Crippen MR) is 49.9 cm³/mol. The maximum atomic E-state index is 5.77. The third-order valence-electron chi connectivity index (χ3n) is 2.13. The molecule has 3 heteroatoms. The highest BCUT2D eigenvalue weighted by atomic mass is 15.2. The second kappa shape index (κ2) is 2.24. The van der Waals surface area contributed by atoms with Crippen LogP contribution in [0.3, 0.4) is 0 Å². The summed E-state index contributed by atoms with van der Waals surface area (Å²) < 4.78 is 1.82. The molecule has 0 bridgehead atoms. The lowest BCUT2D eigenvalue weighted by Crippen LogP contribution is -1.92. The van der Waals surface area contributed by atoms with Gasteiger partial charge in [-0.05, 0) is 24.6 Å². The molecule has 2 rings (SSSR count). The number of benzene rings is 1. The Bertz CT molecular complexity index is 429. The Morgan fingerprint density at radius 3 is 2.92 bits per heavy atom. The quantitative estimate of drug-likeness (QED) is 0.594. The molecule has 0 spiro atoms. The van der Waals surface area contributed by atoms with E-state index in [1.165, 1.54) is 0 Å². The number of hydrogen-bond acceptors (Lipinski definition) is 2. The maximum absolute atomic E-state index is 5.77. The van der Waals surface area contributed by atoms with E-state index in [9.17, 15) is 0 Å². The first kappa shape index (κ1) is 7.16. The van der Waals surface area contributed by atoms with Gasteiger partial charge in [0.25, 0.3) is 0 Å². The van der Waals surface area contributed by atoms with Crippen molar-refractivity contribution in [3.05, 3.63) is 23.9 Å². The van der Waals surface area contributed by atoms with Gasteiger partial charge in [-0.25, -0.2) is 0 Å². The van der Waals surface area contributed by atoms with Crippen LogP contribution in [0.2, 0.25) is 0 Å². The number of rotatable bonds is 0. The van der Waals surface area contributed by atoms with Crippen LogP contribution in [0.5, 0.6) is 0 Å². The normalized spacial score (nSPS) is 10.8. The number of nitrogen functional groups attached to an aromatic ring is 1. The van der Waals surface area contributed by atoms with Gasteiger partial charge in [0.05, 0.1) is 11.7 Å². The summed E-state index contributed by atoms with van der Waals surface area (Å²) in [4.78, 5) is 0. The monoisotopic (exact) mass is 161 g/mol. The lowest BCUT2D eigenvalue weighted by molar-refractivity contribution is 0.797. The van der Waals surface area contributed by atoms with Crippen molar-refractivity contribution in [2.24, 2.45) is 7.05 Å². The molecule has 12 heavy (non-hydrogen) atoms. The Morgan fingerprint density at radius 1 is 1.42 bits per heavy atom. The largest absolute Gasteiger partial charge is 0.398 e. The van der Waals surface area contributed by atoms with Crippen molar-refractivity contribution in [3.63, 3.8) is 0 Å². The van der Waals surface area contributed by atoms with Crippen LogP contribution in [0.4, 0.5) is 5.69 Å². The van der Waals surface area contributed by atoms with Crippen LogP contribution in [-0.2, 0) is 7.05 Å². The molecule has 0 saturated carbocycles. The summed E-state index contributed by atoms with van der Waals surface area (Å²) >= 11 is 0. The third-order valence-corrected chi connectivity index (χ3v) is 2.13. The lowest BCUT2D eigenvalue weighted by Gasteiger charge is -2.00. The fraction of sp³-hybridized carbons (Fsp3) is 0.222. The Hall–Kier alpha value is -1.51. The van der Waals surface area contributed by atoms with Crippen molar-refractivity contribution in [2.75, 3.05) is 5.73 Å². The first-order chi connectivity index (χ1) is 5.68. The van der Waals surface area contributed by atoms with Crippen molar-refractivity contribution in [1.82, 2.24) is 9.78 Å². The van der Waals surface area contributed by atoms with Crippen LogP contribution in [0, 0.1) is 6.92 Å². The molecule has 2 aromatic rings. The first-order valence-electron chi connectivity index (χ1n) is 3.86. The molecule has 3 nitrogen and oxygen atoms in total. The Balaban J connectivity index is 2.87. The second-order valence-electron chi connectivity index (χ2n) is 3.04. The summed E-state index contributed by atoms with van der Waals surface area (Å²) in [6, 6.07) is 4.01. The summed E-state index contributed by atoms with van der Waals surface area (Å²) in [5.74, 6) is 0. The third kappa shape index (κ3) is 0.863. The number of aryl methyl sites for hydroxylation is 2. The molecule has 62 valence electrons. The number of aromatic nitrogens is 2. The second-order valence-corrected chi connectivity index (χ2v) is 3.04. The maximum Gasteiger partial charge on any atom is 0.0699 e. The van der Waals surface area contributed by atoms with E-state index in [4.69, 9.17) is 5.73 Å². The van der Waals surface area contributed by atoms with Crippen LogP contribution in [0.15, 0.2) is 18.3 Å². The average Bonchev–Trinajstić information content (AvgIpc) is 2.35. The molecule has 0 aliphatic heterocycles.